The van der Waals surface area contributed by atoms with Gasteiger partial charge in [-0.15, -0.1) is 0 Å². The Morgan fingerprint density at radius 1 is 0.500 bits per heavy atom. The number of hydrogen-bond donors (Lipinski definition) is 0. The molecular weight excluding hydrogens is 670 g/mol. The number of hydrogen-bond acceptors (Lipinski definition) is 0. The third-order valence-corrected chi connectivity index (χ3v) is 0. The van der Waals surface area contributed by atoms with Crippen LogP contribution in [0.15, 0.2) is 0 Å². The first-order chi connectivity index (χ1) is 0. The van der Waals surface area contributed by atoms with E-state index in [1.54, 1.807) is 0 Å². The van der Waals surface area contributed by atoms with Crippen LogP contribution in [0.1, 0.15) is 0 Å². The van der Waals surface area contributed by atoms with Crippen LogP contribution in [0.5, 0.6) is 0 Å². The van der Waals surface area contributed by atoms with Gasteiger partial charge in [-0.05, 0) is 0 Å². The molecule has 0 aromatic heterocycles. The van der Waals surface area contributed by atoms with Crippen molar-refractivity contribution in [2.45, 2.75) is 0 Å². The van der Waals surface area contributed by atoms with E-state index in [0.717, 1.165) is 0 Å². The summed E-state index contributed by atoms with van der Waals surface area (Å²) in [6, 6.07) is 0. The van der Waals surface area contributed by atoms with Crippen LogP contribution in [-0.4, -0.2) is 0 Å². The van der Waals surface area contributed by atoms with E-state index in [-0.39, 0.29) is 82.7 Å². The first kappa shape index (κ1) is 29.9. The SMILES string of the molecule is [Ir].[Ir].[Ir].[Nb]. The van der Waals surface area contributed by atoms with Crippen molar-refractivity contribution in [1.82, 2.24) is 0 Å². The van der Waals surface area contributed by atoms with E-state index in [4.69, 9.17) is 0 Å². The molecule has 0 spiro atoms. The van der Waals surface area contributed by atoms with Gasteiger partial charge in [0.05, 0.1) is 0 Å². The second-order valence-corrected chi connectivity index (χ2v) is 0. The topological polar surface area (TPSA) is 0 Å². The number of rotatable bonds is 0. The molecule has 0 aromatic rings. The van der Waals surface area contributed by atoms with Gasteiger partial charge in [0.15, 0.2) is 0 Å². The van der Waals surface area contributed by atoms with E-state index in [9.17, 15) is 0 Å². The Morgan fingerprint density at radius 3 is 0.500 bits per heavy atom. The Morgan fingerprint density at radius 2 is 0.500 bits per heavy atom. The minimum atomic E-state index is 0. The standard InChI is InChI=1S/3Ir.Nb. The van der Waals surface area contributed by atoms with Crippen LogP contribution >= 0.6 is 0 Å². The normalized spacial score (nSPS) is 0. The van der Waals surface area contributed by atoms with Gasteiger partial charge in [-0.3, -0.25) is 0 Å². The van der Waals surface area contributed by atoms with E-state index in [1.165, 1.54) is 0 Å². The quantitative estimate of drug-likeness (QED) is 0.319. The molecule has 0 saturated carbocycles. The molecule has 0 atom stereocenters. The second kappa shape index (κ2) is 17.3. The minimum Gasteiger partial charge on any atom is 0 e. The molecule has 0 bridgehead atoms. The summed E-state index contributed by atoms with van der Waals surface area (Å²) in [5.41, 5.74) is 0. The van der Waals surface area contributed by atoms with E-state index >= 15 is 0 Å². The van der Waals surface area contributed by atoms with Crippen LogP contribution in [0, 0.1) is 0 Å². The molecule has 0 amide bonds. The van der Waals surface area contributed by atoms with Crippen LogP contribution < -0.4 is 0 Å². The summed E-state index contributed by atoms with van der Waals surface area (Å²) in [6.07, 6.45) is 0. The van der Waals surface area contributed by atoms with Gasteiger partial charge in [-0.2, -0.15) is 0 Å². The van der Waals surface area contributed by atoms with E-state index in [0.29, 0.717) is 0 Å². The van der Waals surface area contributed by atoms with Crippen molar-refractivity contribution in [3.63, 3.8) is 0 Å². The maximum atomic E-state index is 0. The van der Waals surface area contributed by atoms with Crippen LogP contribution in [0.4, 0.5) is 0 Å². The molecule has 0 unspecified atom stereocenters. The second-order valence-electron chi connectivity index (χ2n) is 0. The predicted molar refractivity (Wildman–Crippen MR) is 0 cm³/mol. The third kappa shape index (κ3) is 8.82. The van der Waals surface area contributed by atoms with Gasteiger partial charge in [0.25, 0.3) is 0 Å². The molecular formula is Ir3Nb. The Balaban J connectivity index is 0. The zero-order chi connectivity index (χ0) is 0. The van der Waals surface area contributed by atoms with Crippen LogP contribution in [0.25, 0.3) is 0 Å². The fourth-order valence-electron chi connectivity index (χ4n) is 0. The molecule has 0 heterocycles. The van der Waals surface area contributed by atoms with Gasteiger partial charge in [0.2, 0.25) is 0 Å². The average Bonchev–Trinajstić information content (AvgIpc) is 0. The summed E-state index contributed by atoms with van der Waals surface area (Å²) in [5, 5.41) is 0. The van der Waals surface area contributed by atoms with Crippen molar-refractivity contribution < 1.29 is 82.7 Å². The Labute approximate surface area is 81.4 Å². The molecule has 0 aliphatic carbocycles. The van der Waals surface area contributed by atoms with E-state index < -0.39 is 0 Å². The van der Waals surface area contributed by atoms with Gasteiger partial charge in [-0.1, -0.05) is 0 Å². The smallest absolute Gasteiger partial charge is 0 e. The molecule has 0 aliphatic rings. The molecule has 0 fully saturated rings. The molecule has 0 aliphatic heterocycles. The van der Waals surface area contributed by atoms with Crippen LogP contribution in [-0.2, 0) is 82.7 Å². The van der Waals surface area contributed by atoms with Gasteiger partial charge in [0.1, 0.15) is 0 Å². The molecule has 0 saturated heterocycles. The molecule has 0 nitrogen and oxygen atoms in total. The van der Waals surface area contributed by atoms with Gasteiger partial charge in [0, 0.05) is 82.7 Å². The Bertz CT molecular complexity index is 3.25. The van der Waals surface area contributed by atoms with Gasteiger partial charge < -0.3 is 0 Å². The largest absolute Gasteiger partial charge is 0 e. The maximum absolute atomic E-state index is 0. The molecule has 0 rings (SSSR count). The fraction of sp³-hybridized carbons (Fsp3) is 0. The van der Waals surface area contributed by atoms with Crippen molar-refractivity contribution in [3.8, 4) is 0 Å². The van der Waals surface area contributed by atoms with Gasteiger partial charge in [-0.25, -0.2) is 0 Å². The summed E-state index contributed by atoms with van der Waals surface area (Å²) in [5.74, 6) is 0. The molecule has 4 radical (unpaired) electrons. The van der Waals surface area contributed by atoms with Crippen LogP contribution in [0.2, 0.25) is 0 Å². The first-order valence-corrected chi connectivity index (χ1v) is 0. The van der Waals surface area contributed by atoms with Crippen molar-refractivity contribution in [2.75, 3.05) is 0 Å². The molecule has 0 aromatic carbocycles. The monoisotopic (exact) mass is 672 g/mol. The van der Waals surface area contributed by atoms with Crippen LogP contribution in [0.3, 0.4) is 0 Å². The van der Waals surface area contributed by atoms with Crippen molar-refractivity contribution in [1.29, 1.82) is 0 Å². The summed E-state index contributed by atoms with van der Waals surface area (Å²) in [4.78, 5) is 0. The average molecular weight is 670 g/mol. The van der Waals surface area contributed by atoms with Crippen molar-refractivity contribution >= 4 is 0 Å². The van der Waals surface area contributed by atoms with Crippen molar-refractivity contribution in [3.05, 3.63) is 0 Å². The zero-order valence-corrected chi connectivity index (χ0v) is 10.8. The fourth-order valence-corrected chi connectivity index (χ4v) is 0. The maximum Gasteiger partial charge on any atom is 0 e. The van der Waals surface area contributed by atoms with Gasteiger partial charge >= 0.3 is 0 Å². The summed E-state index contributed by atoms with van der Waals surface area (Å²) < 4.78 is 0. The third-order valence-electron chi connectivity index (χ3n) is 0. The molecule has 0 N–H and O–H groups in total. The zero-order valence-electron chi connectivity index (χ0n) is 1.45. The Hall–Kier alpha value is 2.69. The van der Waals surface area contributed by atoms with Crippen molar-refractivity contribution in [2.24, 2.45) is 0 Å². The summed E-state index contributed by atoms with van der Waals surface area (Å²) in [7, 11) is 0. The summed E-state index contributed by atoms with van der Waals surface area (Å²) >= 11 is 0. The summed E-state index contributed by atoms with van der Waals surface area (Å²) in [6.45, 7) is 0. The minimum absolute atomic E-state index is 0. The first-order valence-electron chi connectivity index (χ1n) is 0. The molecule has 32 valence electrons. The Kier molecular flexibility index (Phi) is 130. The van der Waals surface area contributed by atoms with E-state index in [2.05, 4.69) is 0 Å². The molecule has 4 heavy (non-hydrogen) atoms. The molecule has 4 heteroatoms. The van der Waals surface area contributed by atoms with E-state index in [1.807, 2.05) is 0 Å². The predicted octanol–water partition coefficient (Wildman–Crippen LogP) is -0.0100.